The Morgan fingerprint density at radius 3 is 1.44 bits per heavy atom. The molecule has 0 aliphatic rings. The van der Waals surface area contributed by atoms with Crippen molar-refractivity contribution in [2.24, 2.45) is 5.92 Å². The lowest BCUT2D eigenvalue weighted by molar-refractivity contribution is 0.181. The molecule has 25 heavy (non-hydrogen) atoms. The average Bonchev–Trinajstić information content (AvgIpc) is 2.36. The van der Waals surface area contributed by atoms with E-state index in [1.807, 2.05) is 6.92 Å². The molecule has 0 radical (unpaired) electrons. The lowest BCUT2D eigenvalue weighted by atomic mass is 10.1. The second-order valence-electron chi connectivity index (χ2n) is 9.86. The Kier molecular flexibility index (Phi) is 11.6. The lowest BCUT2D eigenvalue weighted by Crippen LogP contribution is -2.52. The predicted molar refractivity (Wildman–Crippen MR) is 118 cm³/mol. The first-order valence-corrected chi connectivity index (χ1v) is 19.4. The number of unbranched alkanes of at least 4 members (excludes halogenated alkanes) is 2. The summed E-state index contributed by atoms with van der Waals surface area (Å²) >= 11 is 0. The molecule has 0 aromatic carbocycles. The second kappa shape index (κ2) is 11.4. The molecule has 0 saturated carbocycles. The van der Waals surface area contributed by atoms with Gasteiger partial charge in [-0.05, 0) is 70.6 Å². The second-order valence-corrected chi connectivity index (χ2v) is 22.3. The molecule has 3 nitrogen and oxygen atoms in total. The van der Waals surface area contributed by atoms with Gasteiger partial charge in [-0.2, -0.15) is 0 Å². The standard InChI is InChI=1S/C19H46O3Si3/c1-18(2)14-10-12-16-23(4,5)21-25(8,9)22-24(6,7)17-13-11-15-19(3)20/h18-20H,10-17H2,1-9H3. The van der Waals surface area contributed by atoms with Crippen molar-refractivity contribution >= 4 is 25.2 Å². The Bertz CT molecular complexity index is 324. The molecule has 0 aromatic rings. The van der Waals surface area contributed by atoms with Crippen molar-refractivity contribution in [3.8, 4) is 0 Å². The zero-order chi connectivity index (χ0) is 19.7. The van der Waals surface area contributed by atoms with Crippen LogP contribution in [0.2, 0.25) is 51.4 Å². The Balaban J connectivity index is 4.33. The van der Waals surface area contributed by atoms with Gasteiger partial charge in [-0.1, -0.05) is 46.0 Å². The molecule has 1 unspecified atom stereocenters. The third kappa shape index (κ3) is 15.3. The van der Waals surface area contributed by atoms with Crippen molar-refractivity contribution in [2.45, 2.75) is 117 Å². The van der Waals surface area contributed by atoms with Gasteiger partial charge in [0.1, 0.15) is 0 Å². The van der Waals surface area contributed by atoms with E-state index in [1.165, 1.54) is 25.3 Å². The zero-order valence-corrected chi connectivity index (χ0v) is 21.6. The van der Waals surface area contributed by atoms with Gasteiger partial charge in [-0.25, -0.2) is 0 Å². The van der Waals surface area contributed by atoms with Gasteiger partial charge in [-0.15, -0.1) is 0 Å². The summed E-state index contributed by atoms with van der Waals surface area (Å²) in [5.74, 6) is 0.806. The van der Waals surface area contributed by atoms with Crippen LogP contribution in [0, 0.1) is 5.92 Å². The molecule has 0 amide bonds. The van der Waals surface area contributed by atoms with E-state index in [-0.39, 0.29) is 6.10 Å². The van der Waals surface area contributed by atoms with Crippen molar-refractivity contribution in [3.05, 3.63) is 0 Å². The number of hydrogen-bond donors (Lipinski definition) is 1. The molecule has 0 aliphatic carbocycles. The minimum Gasteiger partial charge on any atom is -0.437 e. The number of hydrogen-bond acceptors (Lipinski definition) is 3. The Labute approximate surface area is 161 Å². The number of aliphatic hydroxyl groups is 1. The summed E-state index contributed by atoms with van der Waals surface area (Å²) in [6, 6.07) is 2.41. The highest BCUT2D eigenvalue weighted by molar-refractivity contribution is 6.87. The van der Waals surface area contributed by atoms with E-state index in [1.54, 1.807) is 0 Å². The molecule has 152 valence electrons. The van der Waals surface area contributed by atoms with Crippen LogP contribution in [0.15, 0.2) is 0 Å². The van der Waals surface area contributed by atoms with Crippen LogP contribution in [0.1, 0.15) is 59.3 Å². The molecule has 6 heteroatoms. The average molecular weight is 407 g/mol. The maximum Gasteiger partial charge on any atom is 0.311 e. The van der Waals surface area contributed by atoms with Crippen LogP contribution in [0.4, 0.5) is 0 Å². The minimum atomic E-state index is -2.06. The molecule has 0 rings (SSSR count). The lowest BCUT2D eigenvalue weighted by Gasteiger charge is -2.39. The normalized spacial score (nSPS) is 15.0. The summed E-state index contributed by atoms with van der Waals surface area (Å²) in [5.41, 5.74) is 0. The van der Waals surface area contributed by atoms with Crippen molar-refractivity contribution < 1.29 is 13.3 Å². The molecule has 0 fully saturated rings. The SMILES string of the molecule is CC(C)CCCC[Si](C)(C)O[Si](C)(C)O[Si](C)(C)CCCCC(C)O. The maximum absolute atomic E-state index is 9.39. The molecule has 0 aromatic heterocycles. The van der Waals surface area contributed by atoms with Gasteiger partial charge >= 0.3 is 8.56 Å². The first-order chi connectivity index (χ1) is 11.2. The molecule has 0 saturated heterocycles. The van der Waals surface area contributed by atoms with E-state index >= 15 is 0 Å². The quantitative estimate of drug-likeness (QED) is 0.264. The van der Waals surface area contributed by atoms with Crippen LogP contribution < -0.4 is 0 Å². The highest BCUT2D eigenvalue weighted by atomic mass is 28.5. The summed E-state index contributed by atoms with van der Waals surface area (Å²) in [4.78, 5) is 0. The van der Waals surface area contributed by atoms with Crippen molar-refractivity contribution in [1.29, 1.82) is 0 Å². The smallest absolute Gasteiger partial charge is 0.311 e. The third-order valence-electron chi connectivity index (χ3n) is 4.51. The third-order valence-corrected chi connectivity index (χ3v) is 16.0. The Morgan fingerprint density at radius 1 is 0.680 bits per heavy atom. The van der Waals surface area contributed by atoms with E-state index in [0.717, 1.165) is 31.2 Å². The van der Waals surface area contributed by atoms with Gasteiger partial charge in [0.15, 0.2) is 16.6 Å². The molecular formula is C19H46O3Si3. The fraction of sp³-hybridized carbons (Fsp3) is 1.00. The summed E-state index contributed by atoms with van der Waals surface area (Å²) < 4.78 is 13.3. The first kappa shape index (κ1) is 25.5. The van der Waals surface area contributed by atoms with Crippen molar-refractivity contribution in [2.75, 3.05) is 0 Å². The maximum atomic E-state index is 9.39. The summed E-state index contributed by atoms with van der Waals surface area (Å²) in [6.45, 7) is 20.3. The highest BCUT2D eigenvalue weighted by Gasteiger charge is 2.39. The largest absolute Gasteiger partial charge is 0.437 e. The summed E-state index contributed by atoms with van der Waals surface area (Å²) in [7, 11) is -5.39. The van der Waals surface area contributed by atoms with Gasteiger partial charge in [0.2, 0.25) is 0 Å². The molecule has 0 spiro atoms. The Hall–Kier alpha value is 0.531. The topological polar surface area (TPSA) is 38.7 Å². The van der Waals surface area contributed by atoms with Crippen LogP contribution in [-0.4, -0.2) is 36.4 Å². The molecule has 1 atom stereocenters. The van der Waals surface area contributed by atoms with E-state index in [4.69, 9.17) is 8.23 Å². The van der Waals surface area contributed by atoms with Gasteiger partial charge in [0, 0.05) is 0 Å². The van der Waals surface area contributed by atoms with Crippen LogP contribution in [-0.2, 0) is 8.23 Å². The van der Waals surface area contributed by atoms with Crippen LogP contribution in [0.5, 0.6) is 0 Å². The van der Waals surface area contributed by atoms with Crippen LogP contribution in [0.25, 0.3) is 0 Å². The fourth-order valence-electron chi connectivity index (χ4n) is 3.55. The zero-order valence-electron chi connectivity index (χ0n) is 18.6. The van der Waals surface area contributed by atoms with Crippen LogP contribution in [0.3, 0.4) is 0 Å². The van der Waals surface area contributed by atoms with Gasteiger partial charge in [-0.3, -0.25) is 0 Å². The predicted octanol–water partition coefficient (Wildman–Crippen LogP) is 6.51. The Morgan fingerprint density at radius 2 is 1.08 bits per heavy atom. The van der Waals surface area contributed by atoms with Gasteiger partial charge in [0.25, 0.3) is 0 Å². The molecule has 0 bridgehead atoms. The number of aliphatic hydroxyl groups excluding tert-OH is 1. The molecule has 0 aliphatic heterocycles. The molecular weight excluding hydrogens is 360 g/mol. The highest BCUT2D eigenvalue weighted by Crippen LogP contribution is 2.27. The van der Waals surface area contributed by atoms with E-state index < -0.39 is 25.2 Å². The van der Waals surface area contributed by atoms with Gasteiger partial charge in [0.05, 0.1) is 6.10 Å². The van der Waals surface area contributed by atoms with E-state index in [9.17, 15) is 5.11 Å². The van der Waals surface area contributed by atoms with Crippen molar-refractivity contribution in [1.82, 2.24) is 0 Å². The van der Waals surface area contributed by atoms with Crippen LogP contribution >= 0.6 is 0 Å². The van der Waals surface area contributed by atoms with E-state index in [0.29, 0.717) is 0 Å². The summed E-state index contributed by atoms with van der Waals surface area (Å²) in [5, 5.41) is 9.39. The van der Waals surface area contributed by atoms with E-state index in [2.05, 4.69) is 53.1 Å². The van der Waals surface area contributed by atoms with Crippen molar-refractivity contribution in [3.63, 3.8) is 0 Å². The first-order valence-electron chi connectivity index (χ1n) is 10.3. The number of rotatable bonds is 14. The molecule has 1 N–H and O–H groups in total. The monoisotopic (exact) mass is 406 g/mol. The van der Waals surface area contributed by atoms with Gasteiger partial charge < -0.3 is 13.3 Å². The minimum absolute atomic E-state index is 0.178. The summed E-state index contributed by atoms with van der Waals surface area (Å²) in [6.07, 6.45) is 6.92. The fourth-order valence-corrected chi connectivity index (χ4v) is 17.8. The molecule has 0 heterocycles.